The Kier molecular flexibility index (Phi) is 7.00. The molecule has 0 radical (unpaired) electrons. The average Bonchev–Trinajstić information content (AvgIpc) is 2.37. The summed E-state index contributed by atoms with van der Waals surface area (Å²) in [5.41, 5.74) is 1.97. The first-order valence-electron chi connectivity index (χ1n) is 6.23. The third-order valence-corrected chi connectivity index (χ3v) is 3.47. The van der Waals surface area contributed by atoms with Crippen LogP contribution in [0.1, 0.15) is 19.4 Å². The number of thiocarbonyl (C=S) groups is 1. The Morgan fingerprint density at radius 2 is 1.90 bits per heavy atom. The molecule has 0 aliphatic rings. The van der Waals surface area contributed by atoms with Gasteiger partial charge in [0.25, 0.3) is 0 Å². The lowest BCUT2D eigenvalue weighted by Crippen LogP contribution is -2.55. The van der Waals surface area contributed by atoms with E-state index in [2.05, 4.69) is 16.0 Å². The zero-order valence-corrected chi connectivity index (χ0v) is 14.6. The van der Waals surface area contributed by atoms with Crippen molar-refractivity contribution in [2.24, 2.45) is 0 Å². The van der Waals surface area contributed by atoms with Crippen LogP contribution in [-0.4, -0.2) is 21.0 Å². The van der Waals surface area contributed by atoms with Crippen LogP contribution in [0.4, 0.5) is 5.69 Å². The molecule has 0 saturated heterocycles. The number of benzene rings is 1. The minimum absolute atomic E-state index is 0.251. The molecule has 0 aromatic heterocycles. The number of aryl methyl sites for hydroxylation is 1. The molecule has 3 N–H and O–H groups in total. The van der Waals surface area contributed by atoms with Crippen LogP contribution in [0.3, 0.4) is 0 Å². The molecule has 21 heavy (non-hydrogen) atoms. The maximum Gasteiger partial charge on any atom is 0.228 e. The molecule has 8 heteroatoms. The lowest BCUT2D eigenvalue weighted by molar-refractivity contribution is -0.119. The van der Waals surface area contributed by atoms with Crippen molar-refractivity contribution in [2.75, 3.05) is 5.32 Å². The number of carbonyl (C=O) groups excluding carboxylic acids is 1. The zero-order valence-electron chi connectivity index (χ0n) is 11.5. The molecule has 4 nitrogen and oxygen atoms in total. The third kappa shape index (κ3) is 6.26. The summed E-state index contributed by atoms with van der Waals surface area (Å²) < 4.78 is -1.73. The Morgan fingerprint density at radius 1 is 1.29 bits per heavy atom. The molecule has 1 amide bonds. The van der Waals surface area contributed by atoms with E-state index in [0.29, 0.717) is 0 Å². The van der Waals surface area contributed by atoms with Crippen LogP contribution in [0.5, 0.6) is 0 Å². The maximum atomic E-state index is 11.2. The SMILES string of the molecule is CCc1ccccc1NC(=S)NC(NC(C)=O)C(Cl)(Cl)Cl. The molecular weight excluding hydrogens is 353 g/mol. The molecule has 1 atom stereocenters. The second kappa shape index (κ2) is 8.03. The topological polar surface area (TPSA) is 53.2 Å². The lowest BCUT2D eigenvalue weighted by atomic mass is 10.1. The molecule has 0 spiro atoms. The van der Waals surface area contributed by atoms with Gasteiger partial charge in [-0.3, -0.25) is 4.79 Å². The number of halogens is 3. The molecule has 0 saturated carbocycles. The molecule has 1 aromatic rings. The van der Waals surface area contributed by atoms with Gasteiger partial charge in [-0.15, -0.1) is 0 Å². The van der Waals surface area contributed by atoms with Crippen molar-refractivity contribution in [2.45, 2.75) is 30.2 Å². The van der Waals surface area contributed by atoms with Gasteiger partial charge in [0, 0.05) is 12.6 Å². The van der Waals surface area contributed by atoms with Crippen molar-refractivity contribution in [3.8, 4) is 0 Å². The lowest BCUT2D eigenvalue weighted by Gasteiger charge is -2.27. The van der Waals surface area contributed by atoms with Crippen LogP contribution in [0, 0.1) is 0 Å². The van der Waals surface area contributed by atoms with E-state index < -0.39 is 9.96 Å². The highest BCUT2D eigenvalue weighted by molar-refractivity contribution is 7.80. The molecule has 0 bridgehead atoms. The standard InChI is InChI=1S/C13H16Cl3N3OS/c1-3-9-6-4-5-7-10(9)18-12(21)19-11(13(14,15)16)17-8(2)20/h4-7,11H,3H2,1-2H3,(H,17,20)(H2,18,19,21). The number of hydrogen-bond acceptors (Lipinski definition) is 2. The third-order valence-electron chi connectivity index (χ3n) is 2.60. The second-order valence-corrected chi connectivity index (χ2v) is 7.06. The Morgan fingerprint density at radius 3 is 2.43 bits per heavy atom. The fourth-order valence-electron chi connectivity index (χ4n) is 1.64. The predicted molar refractivity (Wildman–Crippen MR) is 93.1 cm³/mol. The van der Waals surface area contributed by atoms with Gasteiger partial charge in [-0.25, -0.2) is 0 Å². The van der Waals surface area contributed by atoms with Crippen molar-refractivity contribution >= 4 is 63.7 Å². The summed E-state index contributed by atoms with van der Waals surface area (Å²) in [7, 11) is 0. The largest absolute Gasteiger partial charge is 0.339 e. The molecule has 116 valence electrons. The molecule has 1 aromatic carbocycles. The minimum atomic E-state index is -1.73. The van der Waals surface area contributed by atoms with E-state index in [1.807, 2.05) is 31.2 Å². The van der Waals surface area contributed by atoms with Crippen LogP contribution < -0.4 is 16.0 Å². The summed E-state index contributed by atoms with van der Waals surface area (Å²) in [4.78, 5) is 11.2. The summed E-state index contributed by atoms with van der Waals surface area (Å²) >= 11 is 22.6. The van der Waals surface area contributed by atoms with Crippen molar-refractivity contribution in [3.05, 3.63) is 29.8 Å². The number of anilines is 1. The number of rotatable bonds is 4. The minimum Gasteiger partial charge on any atom is -0.339 e. The van der Waals surface area contributed by atoms with E-state index in [1.165, 1.54) is 6.92 Å². The highest BCUT2D eigenvalue weighted by Gasteiger charge is 2.34. The Bertz CT molecular complexity index is 520. The number of amides is 1. The predicted octanol–water partition coefficient (Wildman–Crippen LogP) is 3.37. The van der Waals surface area contributed by atoms with Gasteiger partial charge in [0.2, 0.25) is 9.70 Å². The fraction of sp³-hybridized carbons (Fsp3) is 0.385. The zero-order chi connectivity index (χ0) is 16.0. The summed E-state index contributed by atoms with van der Waals surface area (Å²) in [6.45, 7) is 3.37. The van der Waals surface area contributed by atoms with Crippen molar-refractivity contribution < 1.29 is 4.79 Å². The van der Waals surface area contributed by atoms with Crippen LogP contribution in [0.15, 0.2) is 24.3 Å². The van der Waals surface area contributed by atoms with Crippen LogP contribution >= 0.6 is 47.0 Å². The van der Waals surface area contributed by atoms with Gasteiger partial charge >= 0.3 is 0 Å². The molecule has 0 aliphatic carbocycles. The van der Waals surface area contributed by atoms with Gasteiger partial charge in [0.05, 0.1) is 0 Å². The van der Waals surface area contributed by atoms with Gasteiger partial charge in [0.15, 0.2) is 5.11 Å². The Labute approximate surface area is 144 Å². The highest BCUT2D eigenvalue weighted by Crippen LogP contribution is 2.29. The molecule has 1 unspecified atom stereocenters. The van der Waals surface area contributed by atoms with Crippen LogP contribution in [0.2, 0.25) is 0 Å². The summed E-state index contributed by atoms with van der Waals surface area (Å²) in [6.07, 6.45) is -0.0838. The quantitative estimate of drug-likeness (QED) is 0.433. The first kappa shape index (κ1) is 18.3. The van der Waals surface area contributed by atoms with Crippen molar-refractivity contribution in [1.29, 1.82) is 0 Å². The molecule has 0 aliphatic heterocycles. The monoisotopic (exact) mass is 367 g/mol. The van der Waals surface area contributed by atoms with E-state index in [9.17, 15) is 4.79 Å². The van der Waals surface area contributed by atoms with Gasteiger partial charge in [-0.1, -0.05) is 59.9 Å². The molecule has 1 rings (SSSR count). The van der Waals surface area contributed by atoms with Crippen molar-refractivity contribution in [1.82, 2.24) is 10.6 Å². The van der Waals surface area contributed by atoms with Crippen molar-refractivity contribution in [3.63, 3.8) is 0 Å². The highest BCUT2D eigenvalue weighted by atomic mass is 35.6. The van der Waals surface area contributed by atoms with E-state index in [1.54, 1.807) is 0 Å². The first-order chi connectivity index (χ1) is 9.74. The smallest absolute Gasteiger partial charge is 0.228 e. The van der Waals surface area contributed by atoms with Gasteiger partial charge in [-0.05, 0) is 30.3 Å². The number of alkyl halides is 3. The van der Waals surface area contributed by atoms with Gasteiger partial charge < -0.3 is 16.0 Å². The summed E-state index contributed by atoms with van der Waals surface area (Å²) in [6, 6.07) is 7.73. The Hall–Kier alpha value is -0.750. The average molecular weight is 369 g/mol. The van der Waals surface area contributed by atoms with E-state index >= 15 is 0 Å². The summed E-state index contributed by atoms with van der Waals surface area (Å²) in [5.74, 6) is -0.337. The maximum absolute atomic E-state index is 11.2. The van der Waals surface area contributed by atoms with Gasteiger partial charge in [0.1, 0.15) is 6.17 Å². The summed E-state index contributed by atoms with van der Waals surface area (Å²) in [5, 5.41) is 8.55. The van der Waals surface area contributed by atoms with E-state index in [-0.39, 0.29) is 11.0 Å². The van der Waals surface area contributed by atoms with Crippen LogP contribution in [-0.2, 0) is 11.2 Å². The normalized spacial score (nSPS) is 12.4. The van der Waals surface area contributed by atoms with E-state index in [4.69, 9.17) is 47.0 Å². The molecule has 0 heterocycles. The van der Waals surface area contributed by atoms with E-state index in [0.717, 1.165) is 17.7 Å². The molecule has 0 fully saturated rings. The Balaban J connectivity index is 2.76. The number of para-hydroxylation sites is 1. The van der Waals surface area contributed by atoms with Gasteiger partial charge in [-0.2, -0.15) is 0 Å². The first-order valence-corrected chi connectivity index (χ1v) is 7.77. The number of hydrogen-bond donors (Lipinski definition) is 3. The fourth-order valence-corrected chi connectivity index (χ4v) is 2.20. The van der Waals surface area contributed by atoms with Crippen LogP contribution in [0.25, 0.3) is 0 Å². The second-order valence-electron chi connectivity index (χ2n) is 4.28. The molecular formula is C13H16Cl3N3OS. The number of nitrogens with one attached hydrogen (secondary N) is 3. The number of carbonyl (C=O) groups is 1.